The fourth-order valence-corrected chi connectivity index (χ4v) is 4.82. The zero-order valence-electron chi connectivity index (χ0n) is 15.3. The van der Waals surface area contributed by atoms with Crippen LogP contribution in [0.2, 0.25) is 0 Å². The van der Waals surface area contributed by atoms with E-state index >= 15 is 0 Å². The summed E-state index contributed by atoms with van der Waals surface area (Å²) >= 11 is 0. The molecule has 1 aromatic carbocycles. The SMILES string of the molecule is CC(C)c1ccccc1C1CN(S(C)(=O)=O)CCC1C(C)(C)C. The Morgan fingerprint density at radius 2 is 1.78 bits per heavy atom. The predicted octanol–water partition coefficient (Wildman–Crippen LogP) is 4.22. The molecule has 1 aliphatic rings. The van der Waals surface area contributed by atoms with Crippen molar-refractivity contribution in [2.75, 3.05) is 19.3 Å². The van der Waals surface area contributed by atoms with Crippen LogP contribution in [0.25, 0.3) is 0 Å². The molecule has 2 rings (SSSR count). The second-order valence-electron chi connectivity index (χ2n) is 8.27. The Kier molecular flexibility index (Phi) is 5.27. The monoisotopic (exact) mass is 337 g/mol. The van der Waals surface area contributed by atoms with Crippen molar-refractivity contribution in [1.82, 2.24) is 4.31 Å². The maximum Gasteiger partial charge on any atom is 0.211 e. The summed E-state index contributed by atoms with van der Waals surface area (Å²) in [6, 6.07) is 8.56. The van der Waals surface area contributed by atoms with E-state index in [-0.39, 0.29) is 11.3 Å². The van der Waals surface area contributed by atoms with Crippen LogP contribution in [0, 0.1) is 11.3 Å². The predicted molar refractivity (Wildman–Crippen MR) is 97.3 cm³/mol. The lowest BCUT2D eigenvalue weighted by Gasteiger charge is -2.44. The molecular weight excluding hydrogens is 306 g/mol. The van der Waals surface area contributed by atoms with Gasteiger partial charge in [-0.25, -0.2) is 12.7 Å². The number of hydrogen-bond donors (Lipinski definition) is 0. The van der Waals surface area contributed by atoms with Crippen molar-refractivity contribution in [3.05, 3.63) is 35.4 Å². The van der Waals surface area contributed by atoms with E-state index < -0.39 is 10.0 Å². The van der Waals surface area contributed by atoms with Gasteiger partial charge in [0.15, 0.2) is 0 Å². The van der Waals surface area contributed by atoms with Crippen molar-refractivity contribution in [2.24, 2.45) is 11.3 Å². The number of sulfonamides is 1. The summed E-state index contributed by atoms with van der Waals surface area (Å²) in [4.78, 5) is 0. The third-order valence-corrected chi connectivity index (χ3v) is 6.44. The molecule has 0 saturated carbocycles. The van der Waals surface area contributed by atoms with Gasteiger partial charge in [-0.05, 0) is 34.8 Å². The Hall–Kier alpha value is -0.870. The standard InChI is InChI=1S/C19H31NO2S/c1-14(2)15-9-7-8-10-16(15)17-13-20(23(6,21)22)12-11-18(17)19(3,4)5/h7-10,14,17-18H,11-13H2,1-6H3. The maximum absolute atomic E-state index is 12.1. The van der Waals surface area contributed by atoms with Gasteiger partial charge < -0.3 is 0 Å². The van der Waals surface area contributed by atoms with Crippen LogP contribution in [0.5, 0.6) is 0 Å². The van der Waals surface area contributed by atoms with Crippen molar-refractivity contribution < 1.29 is 8.42 Å². The molecule has 1 fully saturated rings. The van der Waals surface area contributed by atoms with E-state index in [9.17, 15) is 8.42 Å². The third kappa shape index (κ3) is 4.16. The highest BCUT2D eigenvalue weighted by Crippen LogP contribution is 2.45. The molecule has 130 valence electrons. The van der Waals surface area contributed by atoms with Gasteiger partial charge in [0.25, 0.3) is 0 Å². The Bertz CT molecular complexity index is 644. The lowest BCUT2D eigenvalue weighted by Crippen LogP contribution is -2.45. The van der Waals surface area contributed by atoms with Gasteiger partial charge in [-0.3, -0.25) is 0 Å². The summed E-state index contributed by atoms with van der Waals surface area (Å²) in [7, 11) is -3.14. The summed E-state index contributed by atoms with van der Waals surface area (Å²) in [5, 5.41) is 0. The summed E-state index contributed by atoms with van der Waals surface area (Å²) in [6.45, 7) is 12.5. The molecule has 0 spiro atoms. The minimum absolute atomic E-state index is 0.165. The van der Waals surface area contributed by atoms with E-state index in [1.54, 1.807) is 4.31 Å². The molecule has 0 N–H and O–H groups in total. The largest absolute Gasteiger partial charge is 0.213 e. The molecule has 1 heterocycles. The van der Waals surface area contributed by atoms with E-state index in [1.165, 1.54) is 17.4 Å². The molecule has 23 heavy (non-hydrogen) atoms. The Labute approximate surface area is 142 Å². The molecule has 0 bridgehead atoms. The van der Waals surface area contributed by atoms with Crippen molar-refractivity contribution >= 4 is 10.0 Å². The molecule has 0 radical (unpaired) electrons. The van der Waals surface area contributed by atoms with Crippen LogP contribution in [0.1, 0.15) is 64.0 Å². The van der Waals surface area contributed by atoms with Gasteiger partial charge in [-0.1, -0.05) is 58.9 Å². The van der Waals surface area contributed by atoms with Crippen molar-refractivity contribution in [3.8, 4) is 0 Å². The number of hydrogen-bond acceptors (Lipinski definition) is 2. The van der Waals surface area contributed by atoms with E-state index in [1.807, 2.05) is 0 Å². The summed E-state index contributed by atoms with van der Waals surface area (Å²) < 4.78 is 25.8. The summed E-state index contributed by atoms with van der Waals surface area (Å²) in [5.74, 6) is 1.19. The minimum atomic E-state index is -3.14. The number of piperidine rings is 1. The maximum atomic E-state index is 12.1. The van der Waals surface area contributed by atoms with Gasteiger partial charge in [0.2, 0.25) is 10.0 Å². The van der Waals surface area contributed by atoms with Crippen LogP contribution in [0.3, 0.4) is 0 Å². The van der Waals surface area contributed by atoms with E-state index in [0.29, 0.717) is 24.9 Å². The average molecular weight is 338 g/mol. The molecule has 0 amide bonds. The number of nitrogens with zero attached hydrogens (tertiary/aromatic N) is 1. The third-order valence-electron chi connectivity index (χ3n) is 5.17. The topological polar surface area (TPSA) is 37.4 Å². The molecule has 0 aliphatic carbocycles. The number of rotatable bonds is 3. The van der Waals surface area contributed by atoms with Crippen molar-refractivity contribution in [2.45, 2.75) is 52.9 Å². The molecule has 2 unspecified atom stereocenters. The van der Waals surface area contributed by atoms with Crippen molar-refractivity contribution in [1.29, 1.82) is 0 Å². The molecule has 1 saturated heterocycles. The van der Waals surface area contributed by atoms with Gasteiger partial charge in [0.1, 0.15) is 0 Å². The van der Waals surface area contributed by atoms with Crippen LogP contribution >= 0.6 is 0 Å². The first-order valence-corrected chi connectivity index (χ1v) is 10.4. The lowest BCUT2D eigenvalue weighted by atomic mass is 9.66. The first kappa shape index (κ1) is 18.5. The first-order chi connectivity index (χ1) is 10.5. The highest BCUT2D eigenvalue weighted by molar-refractivity contribution is 7.88. The van der Waals surface area contributed by atoms with Crippen LogP contribution in [0.15, 0.2) is 24.3 Å². The van der Waals surface area contributed by atoms with Gasteiger partial charge in [-0.15, -0.1) is 0 Å². The Morgan fingerprint density at radius 3 is 2.30 bits per heavy atom. The highest BCUT2D eigenvalue weighted by Gasteiger charge is 2.40. The van der Waals surface area contributed by atoms with Crippen LogP contribution in [0.4, 0.5) is 0 Å². The fourth-order valence-electron chi connectivity index (χ4n) is 3.95. The van der Waals surface area contributed by atoms with Gasteiger partial charge >= 0.3 is 0 Å². The molecule has 0 aromatic heterocycles. The zero-order valence-corrected chi connectivity index (χ0v) is 16.2. The Morgan fingerprint density at radius 1 is 1.17 bits per heavy atom. The normalized spacial score (nSPS) is 24.1. The zero-order chi connectivity index (χ0) is 17.4. The van der Waals surface area contributed by atoms with Gasteiger partial charge in [0.05, 0.1) is 6.26 Å². The number of benzene rings is 1. The second-order valence-corrected chi connectivity index (χ2v) is 10.3. The van der Waals surface area contributed by atoms with Gasteiger partial charge in [-0.2, -0.15) is 0 Å². The fraction of sp³-hybridized carbons (Fsp3) is 0.684. The first-order valence-electron chi connectivity index (χ1n) is 8.55. The molecule has 1 aromatic rings. The van der Waals surface area contributed by atoms with Crippen molar-refractivity contribution in [3.63, 3.8) is 0 Å². The van der Waals surface area contributed by atoms with Crippen LogP contribution < -0.4 is 0 Å². The van der Waals surface area contributed by atoms with Crippen LogP contribution in [-0.2, 0) is 10.0 Å². The minimum Gasteiger partial charge on any atom is -0.213 e. The summed E-state index contributed by atoms with van der Waals surface area (Å²) in [5.41, 5.74) is 2.84. The quantitative estimate of drug-likeness (QED) is 0.828. The Balaban J connectivity index is 2.48. The van der Waals surface area contributed by atoms with Gasteiger partial charge in [0, 0.05) is 19.0 Å². The molecule has 3 nitrogen and oxygen atoms in total. The smallest absolute Gasteiger partial charge is 0.211 e. The molecule has 1 aliphatic heterocycles. The summed E-state index contributed by atoms with van der Waals surface area (Å²) in [6.07, 6.45) is 2.25. The molecule has 2 atom stereocenters. The van der Waals surface area contributed by atoms with Crippen LogP contribution in [-0.4, -0.2) is 32.1 Å². The average Bonchev–Trinajstić information content (AvgIpc) is 2.44. The second kappa shape index (κ2) is 6.56. The van der Waals surface area contributed by atoms with E-state index in [0.717, 1.165) is 6.42 Å². The van der Waals surface area contributed by atoms with E-state index in [2.05, 4.69) is 58.9 Å². The van der Waals surface area contributed by atoms with E-state index in [4.69, 9.17) is 0 Å². The highest BCUT2D eigenvalue weighted by atomic mass is 32.2. The lowest BCUT2D eigenvalue weighted by molar-refractivity contribution is 0.126. The molecule has 4 heteroatoms. The molecular formula is C19H31NO2S.